The summed E-state index contributed by atoms with van der Waals surface area (Å²) >= 11 is 3.33. The van der Waals surface area contributed by atoms with Crippen LogP contribution in [0.25, 0.3) is 0 Å². The number of halogens is 1. The molecule has 4 heteroatoms. The molecule has 1 aliphatic carbocycles. The molecule has 2 rings (SSSR count). The van der Waals surface area contributed by atoms with Crippen LogP contribution in [-0.2, 0) is 0 Å². The number of allylic oxidation sites excluding steroid dienone is 1. The minimum Gasteiger partial charge on any atom is -0.447 e. The largest absolute Gasteiger partial charge is 0.447 e. The molecule has 1 heterocycles. The number of aromatic nitrogens is 1. The van der Waals surface area contributed by atoms with Gasteiger partial charge in [-0.25, -0.2) is 4.98 Å². The summed E-state index contributed by atoms with van der Waals surface area (Å²) in [5.74, 6) is 0.645. The lowest BCUT2D eigenvalue weighted by Gasteiger charge is -2.29. The molecule has 1 aromatic heterocycles. The monoisotopic (exact) mass is 310 g/mol. The van der Waals surface area contributed by atoms with Gasteiger partial charge in [0, 0.05) is 12.1 Å². The molecule has 1 aliphatic rings. The van der Waals surface area contributed by atoms with Gasteiger partial charge < -0.3 is 9.64 Å². The molecule has 0 saturated heterocycles. The highest BCUT2D eigenvalue weighted by atomic mass is 79.9. The number of hydrogen-bond acceptors (Lipinski definition) is 3. The minimum atomic E-state index is 0.645. The van der Waals surface area contributed by atoms with E-state index in [1.54, 1.807) is 0 Å². The van der Waals surface area contributed by atoms with E-state index < -0.39 is 0 Å². The Hall–Kier alpha value is -0.870. The van der Waals surface area contributed by atoms with Crippen LogP contribution in [-0.4, -0.2) is 30.0 Å². The lowest BCUT2D eigenvalue weighted by molar-refractivity contribution is 0.246. The molecule has 0 radical (unpaired) electrons. The first-order valence-corrected chi connectivity index (χ1v) is 7.08. The lowest BCUT2D eigenvalue weighted by Crippen LogP contribution is -2.30. The quantitative estimate of drug-likeness (QED) is 0.630. The molecule has 1 aromatic rings. The van der Waals surface area contributed by atoms with Gasteiger partial charge in [0.2, 0.25) is 5.88 Å². The van der Waals surface area contributed by atoms with E-state index in [-0.39, 0.29) is 0 Å². The second-order valence-corrected chi connectivity index (χ2v) is 5.70. The van der Waals surface area contributed by atoms with Crippen LogP contribution >= 0.6 is 15.9 Å². The average Bonchev–Trinajstić information content (AvgIpc) is 2.37. The fourth-order valence-electron chi connectivity index (χ4n) is 2.21. The number of pyridine rings is 1. The predicted octanol–water partition coefficient (Wildman–Crippen LogP) is 3.61. The van der Waals surface area contributed by atoms with Crippen molar-refractivity contribution in [2.24, 2.45) is 0 Å². The van der Waals surface area contributed by atoms with Gasteiger partial charge in [0.15, 0.2) is 0 Å². The van der Waals surface area contributed by atoms with Crippen LogP contribution in [0.2, 0.25) is 0 Å². The maximum absolute atomic E-state index is 5.61. The highest BCUT2D eigenvalue weighted by molar-refractivity contribution is 9.10. The molecular formula is C14H19BrN2O. The summed E-state index contributed by atoms with van der Waals surface area (Å²) in [7, 11) is 4.31. The molecule has 0 aromatic carbocycles. The van der Waals surface area contributed by atoms with Crippen molar-refractivity contribution in [3.05, 3.63) is 34.6 Å². The first kappa shape index (κ1) is 13.6. The topological polar surface area (TPSA) is 25.4 Å². The number of nitrogens with zero attached hydrogens (tertiary/aromatic N) is 2. The van der Waals surface area contributed by atoms with E-state index in [0.29, 0.717) is 11.9 Å². The Labute approximate surface area is 117 Å². The Kier molecular flexibility index (Phi) is 4.78. The van der Waals surface area contributed by atoms with Crippen LogP contribution in [0.3, 0.4) is 0 Å². The van der Waals surface area contributed by atoms with E-state index in [4.69, 9.17) is 4.74 Å². The van der Waals surface area contributed by atoms with Gasteiger partial charge in [-0.1, -0.05) is 6.07 Å². The van der Waals surface area contributed by atoms with Gasteiger partial charge in [-0.3, -0.25) is 0 Å². The second-order valence-electron chi connectivity index (χ2n) is 4.89. The van der Waals surface area contributed by atoms with E-state index in [0.717, 1.165) is 17.4 Å². The van der Waals surface area contributed by atoms with Crippen LogP contribution in [0.1, 0.15) is 25.7 Å². The highest BCUT2D eigenvalue weighted by Gasteiger charge is 2.18. The standard InChI is InChI=1S/C14H19BrN2O/c1-17(2)12-8-6-11(7-9-12)10-18-14-5-3-4-13(15)16-14/h3-5,10,12H,6-9H2,1-2H3. The van der Waals surface area contributed by atoms with Crippen molar-refractivity contribution in [3.8, 4) is 5.88 Å². The van der Waals surface area contributed by atoms with Crippen molar-refractivity contribution in [2.45, 2.75) is 31.7 Å². The molecule has 3 nitrogen and oxygen atoms in total. The maximum atomic E-state index is 5.61. The normalized spacial score (nSPS) is 20.0. The van der Waals surface area contributed by atoms with Crippen molar-refractivity contribution in [1.82, 2.24) is 9.88 Å². The number of rotatable bonds is 3. The van der Waals surface area contributed by atoms with E-state index in [1.165, 1.54) is 18.4 Å². The third-order valence-corrected chi connectivity index (χ3v) is 3.81. The predicted molar refractivity (Wildman–Crippen MR) is 76.6 cm³/mol. The van der Waals surface area contributed by atoms with Crippen molar-refractivity contribution < 1.29 is 4.74 Å². The van der Waals surface area contributed by atoms with Gasteiger partial charge >= 0.3 is 0 Å². The van der Waals surface area contributed by atoms with Crippen LogP contribution in [0, 0.1) is 0 Å². The molecule has 0 unspecified atom stereocenters. The smallest absolute Gasteiger partial charge is 0.219 e. The fraction of sp³-hybridized carbons (Fsp3) is 0.500. The number of hydrogen-bond donors (Lipinski definition) is 0. The molecule has 0 bridgehead atoms. The summed E-state index contributed by atoms with van der Waals surface area (Å²) in [6.07, 6.45) is 6.55. The zero-order chi connectivity index (χ0) is 13.0. The molecule has 0 amide bonds. The Bertz CT molecular complexity index is 422. The summed E-state index contributed by atoms with van der Waals surface area (Å²) in [6.45, 7) is 0. The third kappa shape index (κ3) is 3.82. The molecule has 0 atom stereocenters. The van der Waals surface area contributed by atoms with Gasteiger partial charge in [0.25, 0.3) is 0 Å². The zero-order valence-electron chi connectivity index (χ0n) is 10.9. The molecule has 0 spiro atoms. The molecule has 18 heavy (non-hydrogen) atoms. The summed E-state index contributed by atoms with van der Waals surface area (Å²) in [5.41, 5.74) is 1.38. The van der Waals surface area contributed by atoms with Gasteiger partial charge in [-0.2, -0.15) is 0 Å². The molecule has 98 valence electrons. The third-order valence-electron chi connectivity index (χ3n) is 3.36. The van der Waals surface area contributed by atoms with Crippen LogP contribution in [0.15, 0.2) is 34.6 Å². The van der Waals surface area contributed by atoms with Crippen molar-refractivity contribution in [3.63, 3.8) is 0 Å². The van der Waals surface area contributed by atoms with Crippen LogP contribution in [0.4, 0.5) is 0 Å². The average molecular weight is 311 g/mol. The molecule has 1 saturated carbocycles. The summed E-state index contributed by atoms with van der Waals surface area (Å²) in [4.78, 5) is 6.56. The van der Waals surface area contributed by atoms with Crippen LogP contribution in [0.5, 0.6) is 5.88 Å². The first-order chi connectivity index (χ1) is 8.65. The number of ether oxygens (including phenoxy) is 1. The van der Waals surface area contributed by atoms with E-state index in [2.05, 4.69) is 39.9 Å². The maximum Gasteiger partial charge on any atom is 0.219 e. The van der Waals surface area contributed by atoms with Gasteiger partial charge in [0.1, 0.15) is 4.60 Å². The van der Waals surface area contributed by atoms with Crippen molar-refractivity contribution in [2.75, 3.05) is 14.1 Å². The summed E-state index contributed by atoms with van der Waals surface area (Å²) in [6, 6.07) is 6.40. The molecule has 0 N–H and O–H groups in total. The molecule has 0 aliphatic heterocycles. The lowest BCUT2D eigenvalue weighted by atomic mass is 9.91. The fourth-order valence-corrected chi connectivity index (χ4v) is 2.53. The second kappa shape index (κ2) is 6.34. The Morgan fingerprint density at radius 1 is 1.33 bits per heavy atom. The van der Waals surface area contributed by atoms with E-state index in [1.807, 2.05) is 24.5 Å². The highest BCUT2D eigenvalue weighted by Crippen LogP contribution is 2.26. The van der Waals surface area contributed by atoms with Crippen molar-refractivity contribution >= 4 is 15.9 Å². The Balaban J connectivity index is 1.88. The van der Waals surface area contributed by atoms with Gasteiger partial charge in [0.05, 0.1) is 6.26 Å². The van der Waals surface area contributed by atoms with Gasteiger partial charge in [-0.15, -0.1) is 0 Å². The Morgan fingerprint density at radius 3 is 2.67 bits per heavy atom. The Morgan fingerprint density at radius 2 is 2.06 bits per heavy atom. The van der Waals surface area contributed by atoms with Gasteiger partial charge in [-0.05, 0) is 67.3 Å². The van der Waals surface area contributed by atoms with Crippen molar-refractivity contribution in [1.29, 1.82) is 0 Å². The zero-order valence-corrected chi connectivity index (χ0v) is 12.5. The first-order valence-electron chi connectivity index (χ1n) is 6.28. The summed E-state index contributed by atoms with van der Waals surface area (Å²) < 4.78 is 6.41. The van der Waals surface area contributed by atoms with E-state index in [9.17, 15) is 0 Å². The van der Waals surface area contributed by atoms with E-state index >= 15 is 0 Å². The SMILES string of the molecule is CN(C)C1CCC(=COc2cccc(Br)n2)CC1. The molecule has 1 fully saturated rings. The van der Waals surface area contributed by atoms with Crippen LogP contribution < -0.4 is 4.74 Å². The molecular weight excluding hydrogens is 292 g/mol. The minimum absolute atomic E-state index is 0.645. The summed E-state index contributed by atoms with van der Waals surface area (Å²) in [5, 5.41) is 0.